The average Bonchev–Trinajstić information content (AvgIpc) is 3.11. The first kappa shape index (κ1) is 47.8. The molecule has 50 heavy (non-hydrogen) atoms. The Morgan fingerprint density at radius 1 is 0.460 bits per heavy atom. The van der Waals surface area contributed by atoms with Gasteiger partial charge in [0.1, 0.15) is 0 Å². The van der Waals surface area contributed by atoms with E-state index in [9.17, 15) is 14.4 Å². The van der Waals surface area contributed by atoms with Crippen LogP contribution in [-0.2, 0) is 14.4 Å². The van der Waals surface area contributed by atoms with Crippen molar-refractivity contribution in [3.63, 3.8) is 0 Å². The molecule has 0 aliphatic rings. The maximum atomic E-state index is 12.6. The summed E-state index contributed by atoms with van der Waals surface area (Å²) in [5, 5.41) is 8.93. The lowest BCUT2D eigenvalue weighted by atomic mass is 9.87. The number of rotatable bonds is 37. The van der Waals surface area contributed by atoms with Gasteiger partial charge in [0, 0.05) is 51.4 Å². The standard InChI is InChI=1S/C43H82N4O3/c1-4-6-8-10-12-14-16-18-20-22-24-26-28-30-32-34-41(49)46-38-43(36-44,37-45-40(3)48)39-47-42(50)35-33-31-29-27-25-23-21-19-17-15-13-11-9-7-5-2/h18-21H,4-17,22-39,44H2,1-3H3,(H,45,48)(H,46,49)(H,47,50). The van der Waals surface area contributed by atoms with Gasteiger partial charge in [0.25, 0.3) is 0 Å². The smallest absolute Gasteiger partial charge is 0.220 e. The Morgan fingerprint density at radius 2 is 0.760 bits per heavy atom. The highest BCUT2D eigenvalue weighted by atomic mass is 16.2. The Kier molecular flexibility index (Phi) is 35.1. The molecule has 0 aliphatic heterocycles. The number of carbonyl (C=O) groups is 3. The summed E-state index contributed by atoms with van der Waals surface area (Å²) >= 11 is 0. The first-order chi connectivity index (χ1) is 24.4. The second-order valence-electron chi connectivity index (χ2n) is 14.8. The van der Waals surface area contributed by atoms with Crippen LogP contribution in [0.2, 0.25) is 0 Å². The average molecular weight is 703 g/mol. The van der Waals surface area contributed by atoms with E-state index in [1.807, 2.05) is 0 Å². The third-order valence-corrected chi connectivity index (χ3v) is 9.80. The Labute approximate surface area is 309 Å². The number of unbranched alkanes of at least 4 members (excludes halogenated alkanes) is 22. The van der Waals surface area contributed by atoms with Crippen molar-refractivity contribution in [1.29, 1.82) is 0 Å². The molecule has 7 heteroatoms. The molecule has 292 valence electrons. The van der Waals surface area contributed by atoms with Gasteiger partial charge in [-0.2, -0.15) is 0 Å². The summed E-state index contributed by atoms with van der Waals surface area (Å²) < 4.78 is 0. The number of hydrogen-bond donors (Lipinski definition) is 4. The van der Waals surface area contributed by atoms with Crippen molar-refractivity contribution in [3.8, 4) is 0 Å². The Balaban J connectivity index is 4.10. The first-order valence-corrected chi connectivity index (χ1v) is 21.2. The predicted molar refractivity (Wildman–Crippen MR) is 215 cm³/mol. The number of hydrogen-bond acceptors (Lipinski definition) is 4. The third-order valence-electron chi connectivity index (χ3n) is 9.80. The van der Waals surface area contributed by atoms with Crippen molar-refractivity contribution in [1.82, 2.24) is 16.0 Å². The topological polar surface area (TPSA) is 113 Å². The van der Waals surface area contributed by atoms with Crippen LogP contribution >= 0.6 is 0 Å². The maximum Gasteiger partial charge on any atom is 0.220 e. The van der Waals surface area contributed by atoms with Gasteiger partial charge < -0.3 is 21.7 Å². The highest BCUT2D eigenvalue weighted by molar-refractivity contribution is 5.77. The van der Waals surface area contributed by atoms with E-state index in [4.69, 9.17) is 5.73 Å². The molecule has 0 aromatic rings. The van der Waals surface area contributed by atoms with Crippen LogP contribution in [0.1, 0.15) is 201 Å². The molecule has 0 aromatic heterocycles. The molecule has 0 spiro atoms. The van der Waals surface area contributed by atoms with E-state index in [-0.39, 0.29) is 24.3 Å². The molecule has 0 heterocycles. The third kappa shape index (κ3) is 33.0. The summed E-state index contributed by atoms with van der Waals surface area (Å²) in [4.78, 5) is 37.0. The van der Waals surface area contributed by atoms with Gasteiger partial charge in [-0.25, -0.2) is 0 Å². The fraction of sp³-hybridized carbons (Fsp3) is 0.837. The molecule has 3 amide bonds. The molecule has 5 N–H and O–H groups in total. The molecular formula is C43H82N4O3. The SMILES string of the molecule is CCCCCCCCC=CCCCCCCCC(=O)NCC(CN)(CNC(C)=O)CNC(=O)CCCCCCCC=CCCCCCCCC. The zero-order chi connectivity index (χ0) is 36.8. The van der Waals surface area contributed by atoms with Gasteiger partial charge in [-0.05, 0) is 64.2 Å². The van der Waals surface area contributed by atoms with Gasteiger partial charge in [0.2, 0.25) is 17.7 Å². The highest BCUT2D eigenvalue weighted by Gasteiger charge is 2.30. The quantitative estimate of drug-likeness (QED) is 0.0381. The van der Waals surface area contributed by atoms with Crippen molar-refractivity contribution < 1.29 is 14.4 Å². The number of amides is 3. The molecule has 0 rings (SSSR count). The summed E-state index contributed by atoms with van der Waals surface area (Å²) in [5.41, 5.74) is 5.55. The molecule has 0 aromatic carbocycles. The normalized spacial score (nSPS) is 12.8. The van der Waals surface area contributed by atoms with Crippen molar-refractivity contribution in [2.75, 3.05) is 26.2 Å². The maximum absolute atomic E-state index is 12.6. The van der Waals surface area contributed by atoms with Gasteiger partial charge in [0.05, 0.1) is 0 Å². The molecule has 0 aliphatic carbocycles. The fourth-order valence-electron chi connectivity index (χ4n) is 6.18. The van der Waals surface area contributed by atoms with Gasteiger partial charge in [-0.15, -0.1) is 0 Å². The minimum absolute atomic E-state index is 0.00268. The van der Waals surface area contributed by atoms with Crippen LogP contribution in [0.5, 0.6) is 0 Å². The zero-order valence-corrected chi connectivity index (χ0v) is 33.2. The predicted octanol–water partition coefficient (Wildman–Crippen LogP) is 10.4. The van der Waals surface area contributed by atoms with Gasteiger partial charge in [-0.3, -0.25) is 14.4 Å². The fourth-order valence-corrected chi connectivity index (χ4v) is 6.18. The van der Waals surface area contributed by atoms with E-state index in [1.54, 1.807) is 0 Å². The van der Waals surface area contributed by atoms with Crippen LogP contribution in [-0.4, -0.2) is 43.9 Å². The molecule has 0 unspecified atom stereocenters. The second kappa shape index (κ2) is 36.6. The molecule has 0 bridgehead atoms. The van der Waals surface area contributed by atoms with Crippen LogP contribution in [0.25, 0.3) is 0 Å². The lowest BCUT2D eigenvalue weighted by molar-refractivity contribution is -0.121. The minimum Gasteiger partial charge on any atom is -0.356 e. The largest absolute Gasteiger partial charge is 0.356 e. The minimum atomic E-state index is -0.623. The number of allylic oxidation sites excluding steroid dienone is 4. The van der Waals surface area contributed by atoms with E-state index in [1.165, 1.54) is 122 Å². The van der Waals surface area contributed by atoms with Crippen LogP contribution in [0, 0.1) is 5.41 Å². The number of nitrogens with one attached hydrogen (secondary N) is 3. The number of carbonyl (C=O) groups excluding carboxylic acids is 3. The monoisotopic (exact) mass is 703 g/mol. The van der Waals surface area contributed by atoms with E-state index < -0.39 is 5.41 Å². The molecule has 0 atom stereocenters. The zero-order valence-electron chi connectivity index (χ0n) is 33.2. The molecule has 0 radical (unpaired) electrons. The van der Waals surface area contributed by atoms with E-state index in [0.29, 0.717) is 32.5 Å². The van der Waals surface area contributed by atoms with Gasteiger partial charge in [0.15, 0.2) is 0 Å². The van der Waals surface area contributed by atoms with Crippen LogP contribution < -0.4 is 21.7 Å². The molecule has 0 saturated heterocycles. The van der Waals surface area contributed by atoms with Crippen molar-refractivity contribution in [3.05, 3.63) is 24.3 Å². The summed E-state index contributed by atoms with van der Waals surface area (Å²) in [7, 11) is 0. The van der Waals surface area contributed by atoms with Crippen LogP contribution in [0.4, 0.5) is 0 Å². The van der Waals surface area contributed by atoms with Crippen LogP contribution in [0.3, 0.4) is 0 Å². The summed E-state index contributed by atoms with van der Waals surface area (Å²) in [5.74, 6) is -0.145. The summed E-state index contributed by atoms with van der Waals surface area (Å²) in [6.45, 7) is 7.18. The van der Waals surface area contributed by atoms with E-state index in [2.05, 4.69) is 54.1 Å². The van der Waals surface area contributed by atoms with Gasteiger partial charge in [-0.1, -0.05) is 141 Å². The molecular weight excluding hydrogens is 620 g/mol. The first-order valence-electron chi connectivity index (χ1n) is 21.2. The summed E-state index contributed by atoms with van der Waals surface area (Å²) in [6, 6.07) is 0. The van der Waals surface area contributed by atoms with Crippen molar-refractivity contribution >= 4 is 17.7 Å². The van der Waals surface area contributed by atoms with Crippen LogP contribution in [0.15, 0.2) is 24.3 Å². The highest BCUT2D eigenvalue weighted by Crippen LogP contribution is 2.15. The number of nitrogens with two attached hydrogens (primary N) is 1. The van der Waals surface area contributed by atoms with Crippen molar-refractivity contribution in [2.45, 2.75) is 201 Å². The molecule has 0 fully saturated rings. The molecule has 7 nitrogen and oxygen atoms in total. The Morgan fingerprint density at radius 3 is 1.08 bits per heavy atom. The Hall–Kier alpha value is -2.15. The van der Waals surface area contributed by atoms with Gasteiger partial charge >= 0.3 is 0 Å². The lowest BCUT2D eigenvalue weighted by Crippen LogP contribution is -2.55. The van der Waals surface area contributed by atoms with E-state index >= 15 is 0 Å². The van der Waals surface area contributed by atoms with E-state index in [0.717, 1.165) is 51.4 Å². The van der Waals surface area contributed by atoms with Crippen molar-refractivity contribution in [2.24, 2.45) is 11.1 Å². The Bertz CT molecular complexity index is 801. The second-order valence-corrected chi connectivity index (χ2v) is 14.8. The lowest BCUT2D eigenvalue weighted by Gasteiger charge is -2.33. The summed E-state index contributed by atoms with van der Waals surface area (Å²) in [6.07, 6.45) is 42.3. The molecule has 0 saturated carbocycles.